The number of hydrogen-bond donors (Lipinski definition) is 0. The van der Waals surface area contributed by atoms with Gasteiger partial charge in [-0.1, -0.05) is 28.1 Å². The SMILES string of the molecule is CO/C(=C/C(F)(F)F)c1ccc(Br)cc1. The van der Waals surface area contributed by atoms with E-state index < -0.39 is 6.18 Å². The average Bonchev–Trinajstić information content (AvgIpc) is 2.14. The fourth-order valence-electron chi connectivity index (χ4n) is 1.02. The van der Waals surface area contributed by atoms with Crippen LogP contribution in [0.2, 0.25) is 0 Å². The van der Waals surface area contributed by atoms with Gasteiger partial charge in [-0.05, 0) is 12.1 Å². The van der Waals surface area contributed by atoms with Gasteiger partial charge in [0.15, 0.2) is 0 Å². The molecule has 1 aromatic rings. The molecule has 0 fully saturated rings. The predicted molar refractivity (Wildman–Crippen MR) is 55.2 cm³/mol. The first-order valence-corrected chi connectivity index (χ1v) is 4.81. The number of alkyl halides is 3. The Hall–Kier alpha value is -0.970. The Morgan fingerprint density at radius 3 is 2.20 bits per heavy atom. The fraction of sp³-hybridized carbons (Fsp3) is 0.200. The molecule has 0 aromatic heterocycles. The summed E-state index contributed by atoms with van der Waals surface area (Å²) in [5.74, 6) is -0.199. The van der Waals surface area contributed by atoms with Gasteiger partial charge in [-0.2, -0.15) is 13.2 Å². The number of allylic oxidation sites excluding steroid dienone is 1. The molecule has 0 unspecified atom stereocenters. The highest BCUT2D eigenvalue weighted by molar-refractivity contribution is 9.10. The molecule has 0 saturated heterocycles. The van der Waals surface area contributed by atoms with Crippen molar-refractivity contribution in [1.82, 2.24) is 0 Å². The predicted octanol–water partition coefficient (Wildman–Crippen LogP) is 4.00. The molecule has 0 aliphatic carbocycles. The third kappa shape index (κ3) is 3.95. The smallest absolute Gasteiger partial charge is 0.413 e. The Bertz CT molecular complexity index is 354. The number of rotatable bonds is 2. The van der Waals surface area contributed by atoms with E-state index in [1.54, 1.807) is 24.3 Å². The first-order valence-electron chi connectivity index (χ1n) is 4.02. The minimum Gasteiger partial charge on any atom is -0.496 e. The molecule has 0 N–H and O–H groups in total. The van der Waals surface area contributed by atoms with Crippen LogP contribution < -0.4 is 0 Å². The zero-order chi connectivity index (χ0) is 11.5. The normalized spacial score (nSPS) is 12.7. The molecule has 0 aliphatic rings. The number of benzene rings is 1. The topological polar surface area (TPSA) is 9.23 Å². The maximum Gasteiger partial charge on any atom is 0.413 e. The van der Waals surface area contributed by atoms with Crippen LogP contribution in [0, 0.1) is 0 Å². The highest BCUT2D eigenvalue weighted by Crippen LogP contribution is 2.25. The van der Waals surface area contributed by atoms with Crippen LogP contribution in [-0.4, -0.2) is 13.3 Å². The maximum atomic E-state index is 12.1. The minimum atomic E-state index is -4.38. The molecule has 1 nitrogen and oxygen atoms in total. The molecule has 15 heavy (non-hydrogen) atoms. The van der Waals surface area contributed by atoms with Crippen LogP contribution in [0.5, 0.6) is 0 Å². The van der Waals surface area contributed by atoms with Crippen LogP contribution in [0.4, 0.5) is 13.2 Å². The lowest BCUT2D eigenvalue weighted by molar-refractivity contribution is -0.0804. The molecule has 0 heterocycles. The first kappa shape index (κ1) is 12.1. The molecule has 0 bridgehead atoms. The lowest BCUT2D eigenvalue weighted by atomic mass is 10.2. The van der Waals surface area contributed by atoms with Gasteiger partial charge in [0.25, 0.3) is 0 Å². The molecule has 0 radical (unpaired) electrons. The second kappa shape index (κ2) is 4.70. The van der Waals surface area contributed by atoms with Crippen LogP contribution in [0.1, 0.15) is 5.56 Å². The second-order valence-electron chi connectivity index (χ2n) is 2.76. The molecule has 1 rings (SSSR count). The Morgan fingerprint density at radius 1 is 1.27 bits per heavy atom. The van der Waals surface area contributed by atoms with Gasteiger partial charge in [0, 0.05) is 10.0 Å². The molecule has 0 aliphatic heterocycles. The van der Waals surface area contributed by atoms with E-state index in [1.165, 1.54) is 7.11 Å². The Kier molecular flexibility index (Phi) is 3.79. The van der Waals surface area contributed by atoms with Gasteiger partial charge < -0.3 is 4.74 Å². The fourth-order valence-corrected chi connectivity index (χ4v) is 1.29. The summed E-state index contributed by atoms with van der Waals surface area (Å²) in [6, 6.07) is 6.40. The standard InChI is InChI=1S/C10H8BrF3O/c1-15-9(6-10(12,13)14)7-2-4-8(11)5-3-7/h2-6H,1H3/b9-6+. The molecule has 0 spiro atoms. The summed E-state index contributed by atoms with van der Waals surface area (Å²) in [6.07, 6.45) is -4.24. The van der Waals surface area contributed by atoms with E-state index >= 15 is 0 Å². The van der Waals surface area contributed by atoms with Crippen molar-refractivity contribution in [3.05, 3.63) is 40.4 Å². The van der Waals surface area contributed by atoms with Crippen molar-refractivity contribution < 1.29 is 17.9 Å². The highest BCUT2D eigenvalue weighted by Gasteiger charge is 2.25. The summed E-state index contributed by atoms with van der Waals surface area (Å²) in [5, 5.41) is 0. The molecular formula is C10H8BrF3O. The number of methoxy groups -OCH3 is 1. The quantitative estimate of drug-likeness (QED) is 0.744. The van der Waals surface area contributed by atoms with E-state index in [1.807, 2.05) is 0 Å². The Labute approximate surface area is 93.7 Å². The largest absolute Gasteiger partial charge is 0.496 e. The van der Waals surface area contributed by atoms with Crippen molar-refractivity contribution in [3.63, 3.8) is 0 Å². The summed E-state index contributed by atoms with van der Waals surface area (Å²) in [6.45, 7) is 0. The maximum absolute atomic E-state index is 12.1. The van der Waals surface area contributed by atoms with Gasteiger partial charge in [-0.15, -0.1) is 0 Å². The molecule has 0 saturated carbocycles. The zero-order valence-electron chi connectivity index (χ0n) is 7.81. The van der Waals surface area contributed by atoms with Crippen molar-refractivity contribution in [3.8, 4) is 0 Å². The highest BCUT2D eigenvalue weighted by atomic mass is 79.9. The van der Waals surface area contributed by atoms with Crippen LogP contribution in [0.25, 0.3) is 5.76 Å². The van der Waals surface area contributed by atoms with Crippen LogP contribution >= 0.6 is 15.9 Å². The molecule has 0 amide bonds. The van der Waals surface area contributed by atoms with E-state index in [0.29, 0.717) is 5.56 Å². The Balaban J connectivity index is 3.03. The van der Waals surface area contributed by atoms with E-state index in [0.717, 1.165) is 4.47 Å². The third-order valence-electron chi connectivity index (χ3n) is 1.64. The molecular weight excluding hydrogens is 273 g/mol. The number of halogens is 4. The lowest BCUT2D eigenvalue weighted by Crippen LogP contribution is -2.04. The van der Waals surface area contributed by atoms with Crippen LogP contribution in [0.3, 0.4) is 0 Å². The molecule has 5 heteroatoms. The second-order valence-corrected chi connectivity index (χ2v) is 3.68. The van der Waals surface area contributed by atoms with Crippen molar-refractivity contribution in [2.24, 2.45) is 0 Å². The van der Waals surface area contributed by atoms with E-state index in [2.05, 4.69) is 20.7 Å². The van der Waals surface area contributed by atoms with E-state index in [4.69, 9.17) is 0 Å². The summed E-state index contributed by atoms with van der Waals surface area (Å²) < 4.78 is 41.8. The molecule has 1 aromatic carbocycles. The summed E-state index contributed by atoms with van der Waals surface area (Å²) in [7, 11) is 1.21. The van der Waals surface area contributed by atoms with Crippen LogP contribution in [-0.2, 0) is 4.74 Å². The summed E-state index contributed by atoms with van der Waals surface area (Å²) in [4.78, 5) is 0. The first-order chi connectivity index (χ1) is 6.92. The minimum absolute atomic E-state index is 0.135. The van der Waals surface area contributed by atoms with Gasteiger partial charge in [0.1, 0.15) is 5.76 Å². The average molecular weight is 281 g/mol. The van der Waals surface area contributed by atoms with Gasteiger partial charge >= 0.3 is 6.18 Å². The number of ether oxygens (including phenoxy) is 1. The van der Waals surface area contributed by atoms with Gasteiger partial charge in [0.2, 0.25) is 0 Å². The van der Waals surface area contributed by atoms with E-state index in [9.17, 15) is 13.2 Å². The van der Waals surface area contributed by atoms with Crippen molar-refractivity contribution in [2.45, 2.75) is 6.18 Å². The van der Waals surface area contributed by atoms with Crippen molar-refractivity contribution in [2.75, 3.05) is 7.11 Å². The monoisotopic (exact) mass is 280 g/mol. The zero-order valence-corrected chi connectivity index (χ0v) is 9.39. The van der Waals surface area contributed by atoms with Crippen molar-refractivity contribution in [1.29, 1.82) is 0 Å². The summed E-state index contributed by atoms with van der Waals surface area (Å²) in [5.41, 5.74) is 0.387. The third-order valence-corrected chi connectivity index (χ3v) is 2.17. The number of hydrogen-bond acceptors (Lipinski definition) is 1. The summed E-state index contributed by atoms with van der Waals surface area (Å²) >= 11 is 3.20. The van der Waals surface area contributed by atoms with Gasteiger partial charge in [-0.3, -0.25) is 0 Å². The lowest BCUT2D eigenvalue weighted by Gasteiger charge is -2.08. The van der Waals surface area contributed by atoms with Gasteiger partial charge in [-0.25, -0.2) is 0 Å². The van der Waals surface area contributed by atoms with Gasteiger partial charge in [0.05, 0.1) is 13.2 Å². The van der Waals surface area contributed by atoms with E-state index in [-0.39, 0.29) is 11.8 Å². The molecule has 0 atom stereocenters. The van der Waals surface area contributed by atoms with Crippen molar-refractivity contribution >= 4 is 21.7 Å². The Morgan fingerprint density at radius 2 is 1.80 bits per heavy atom. The molecule has 82 valence electrons. The van der Waals surface area contributed by atoms with Crippen LogP contribution in [0.15, 0.2) is 34.8 Å².